The van der Waals surface area contributed by atoms with Crippen molar-refractivity contribution in [2.45, 2.75) is 104 Å². The molecule has 4 nitrogen and oxygen atoms in total. The van der Waals surface area contributed by atoms with E-state index in [2.05, 4.69) is 27.7 Å². The third-order valence-corrected chi connectivity index (χ3v) is 11.2. The molecule has 0 radical (unpaired) electrons. The molecule has 3 unspecified atom stereocenters. The molecule has 0 aromatic rings. The van der Waals surface area contributed by atoms with Crippen molar-refractivity contribution >= 4 is 5.97 Å². The molecule has 0 heterocycles. The summed E-state index contributed by atoms with van der Waals surface area (Å²) < 4.78 is 4.88. The summed E-state index contributed by atoms with van der Waals surface area (Å²) in [5, 5.41) is 22.2. The number of esters is 1. The van der Waals surface area contributed by atoms with Crippen molar-refractivity contribution < 1.29 is 19.7 Å². The van der Waals surface area contributed by atoms with Gasteiger partial charge in [-0.1, -0.05) is 34.1 Å². The number of carbonyl (C=O) groups is 1. The van der Waals surface area contributed by atoms with Crippen LogP contribution in [0.25, 0.3) is 0 Å². The van der Waals surface area contributed by atoms with Gasteiger partial charge in [-0.3, -0.25) is 4.79 Å². The van der Waals surface area contributed by atoms with E-state index in [4.69, 9.17) is 4.74 Å². The second-order valence-electron chi connectivity index (χ2n) is 12.2. The van der Waals surface area contributed by atoms with Gasteiger partial charge in [0.15, 0.2) is 0 Å². The maximum absolute atomic E-state index is 11.8. The number of carbonyl (C=O) groups excluding carboxylic acids is 1. The molecule has 4 aliphatic carbocycles. The molecule has 0 aliphatic heterocycles. The molecule has 11 atom stereocenters. The van der Waals surface area contributed by atoms with E-state index in [0.29, 0.717) is 47.8 Å². The summed E-state index contributed by atoms with van der Waals surface area (Å²) in [4.78, 5) is 11.7. The summed E-state index contributed by atoms with van der Waals surface area (Å²) in [5.74, 6) is 3.41. The van der Waals surface area contributed by atoms with Crippen molar-refractivity contribution in [1.29, 1.82) is 0 Å². The van der Waals surface area contributed by atoms with Gasteiger partial charge in [-0.05, 0) is 104 Å². The molecule has 4 rings (SSSR count). The predicted octanol–water partition coefficient (Wildman–Crippen LogP) is 5.20. The molecule has 2 N–H and O–H groups in total. The van der Waals surface area contributed by atoms with Gasteiger partial charge in [0.2, 0.25) is 0 Å². The minimum absolute atomic E-state index is 0.0952. The van der Waals surface area contributed by atoms with E-state index in [0.717, 1.165) is 32.1 Å². The number of methoxy groups -OCH3 is 1. The Hall–Kier alpha value is -0.610. The lowest BCUT2D eigenvalue weighted by molar-refractivity contribution is -0.203. The van der Waals surface area contributed by atoms with Crippen molar-refractivity contribution in [2.24, 2.45) is 52.3 Å². The molecule has 31 heavy (non-hydrogen) atoms. The molecule has 0 amide bonds. The lowest BCUT2D eigenvalue weighted by atomic mass is 9.41. The van der Waals surface area contributed by atoms with Gasteiger partial charge in [0.1, 0.15) is 0 Å². The van der Waals surface area contributed by atoms with Crippen molar-refractivity contribution in [3.05, 3.63) is 0 Å². The molecular formula is C27H46O4. The summed E-state index contributed by atoms with van der Waals surface area (Å²) in [6, 6.07) is 0. The molecule has 178 valence electrons. The molecule has 0 bridgehead atoms. The number of rotatable bonds is 5. The average Bonchev–Trinajstić information content (AvgIpc) is 3.10. The van der Waals surface area contributed by atoms with Gasteiger partial charge in [0, 0.05) is 6.42 Å². The lowest BCUT2D eigenvalue weighted by Gasteiger charge is -2.64. The third-order valence-electron chi connectivity index (χ3n) is 11.2. The van der Waals surface area contributed by atoms with Gasteiger partial charge in [-0.25, -0.2) is 0 Å². The van der Waals surface area contributed by atoms with E-state index in [-0.39, 0.29) is 29.0 Å². The van der Waals surface area contributed by atoms with Crippen LogP contribution in [-0.2, 0) is 9.53 Å². The van der Waals surface area contributed by atoms with E-state index in [9.17, 15) is 15.0 Å². The van der Waals surface area contributed by atoms with Gasteiger partial charge in [0.25, 0.3) is 0 Å². The normalized spacial score (nSPS) is 50.2. The van der Waals surface area contributed by atoms with E-state index >= 15 is 0 Å². The van der Waals surface area contributed by atoms with Crippen LogP contribution in [0.2, 0.25) is 0 Å². The highest BCUT2D eigenvalue weighted by Crippen LogP contribution is 2.69. The first kappa shape index (κ1) is 23.5. The Morgan fingerprint density at radius 3 is 2.39 bits per heavy atom. The zero-order chi connectivity index (χ0) is 22.6. The van der Waals surface area contributed by atoms with E-state index in [1.807, 2.05) is 0 Å². The molecule has 0 spiro atoms. The van der Waals surface area contributed by atoms with Crippen LogP contribution in [-0.4, -0.2) is 35.5 Å². The number of hydrogen-bond donors (Lipinski definition) is 2. The molecule has 0 aromatic heterocycles. The van der Waals surface area contributed by atoms with Crippen LogP contribution in [0, 0.1) is 52.3 Å². The second-order valence-corrected chi connectivity index (χ2v) is 12.2. The highest BCUT2D eigenvalue weighted by atomic mass is 16.5. The van der Waals surface area contributed by atoms with Gasteiger partial charge in [-0.2, -0.15) is 0 Å². The van der Waals surface area contributed by atoms with Crippen molar-refractivity contribution in [3.8, 4) is 0 Å². The van der Waals surface area contributed by atoms with Crippen LogP contribution >= 0.6 is 0 Å². The maximum atomic E-state index is 11.8. The highest BCUT2D eigenvalue weighted by Gasteiger charge is 2.64. The predicted molar refractivity (Wildman–Crippen MR) is 122 cm³/mol. The molecule has 4 saturated carbocycles. The molecule has 4 aliphatic rings. The van der Waals surface area contributed by atoms with Gasteiger partial charge < -0.3 is 14.9 Å². The first-order valence-electron chi connectivity index (χ1n) is 13.1. The highest BCUT2D eigenvalue weighted by molar-refractivity contribution is 5.69. The zero-order valence-corrected chi connectivity index (χ0v) is 20.5. The van der Waals surface area contributed by atoms with Crippen LogP contribution in [0.1, 0.15) is 91.9 Å². The topological polar surface area (TPSA) is 66.8 Å². The SMILES string of the molecule is CC[C@H]1[C@@H](O)[C@H]2C3CCC([C@H](C)CCC(=O)OC)[C@@]3(C)CCC2[C@@]2(C)CC[C@@H](O)C[C@@H]12. The van der Waals surface area contributed by atoms with Crippen LogP contribution in [0.4, 0.5) is 0 Å². The number of aliphatic hydroxyl groups excluding tert-OH is 2. The summed E-state index contributed by atoms with van der Waals surface area (Å²) in [7, 11) is 1.48. The fourth-order valence-corrected chi connectivity index (χ4v) is 9.58. The third kappa shape index (κ3) is 3.68. The quantitative estimate of drug-likeness (QED) is 0.584. The van der Waals surface area contributed by atoms with Crippen molar-refractivity contribution in [3.63, 3.8) is 0 Å². The van der Waals surface area contributed by atoms with Crippen molar-refractivity contribution in [2.75, 3.05) is 7.11 Å². The second kappa shape index (κ2) is 8.63. The first-order valence-corrected chi connectivity index (χ1v) is 13.1. The number of ether oxygens (including phenoxy) is 1. The summed E-state index contributed by atoms with van der Waals surface area (Å²) in [5.41, 5.74) is 0.535. The van der Waals surface area contributed by atoms with E-state index in [1.54, 1.807) is 0 Å². The summed E-state index contributed by atoms with van der Waals surface area (Å²) in [6.07, 6.45) is 9.87. The van der Waals surface area contributed by atoms with E-state index in [1.165, 1.54) is 32.8 Å². The van der Waals surface area contributed by atoms with Crippen LogP contribution in [0.15, 0.2) is 0 Å². The summed E-state index contributed by atoms with van der Waals surface area (Å²) in [6.45, 7) is 9.58. The molecular weight excluding hydrogens is 388 g/mol. The Morgan fingerprint density at radius 1 is 1.03 bits per heavy atom. The number of fused-ring (bicyclic) bond motifs is 5. The monoisotopic (exact) mass is 434 g/mol. The number of aliphatic hydroxyl groups is 2. The first-order chi connectivity index (χ1) is 14.7. The number of hydrogen-bond acceptors (Lipinski definition) is 4. The van der Waals surface area contributed by atoms with Crippen LogP contribution in [0.3, 0.4) is 0 Å². The Morgan fingerprint density at radius 2 is 1.71 bits per heavy atom. The average molecular weight is 435 g/mol. The molecule has 0 saturated heterocycles. The van der Waals surface area contributed by atoms with Gasteiger partial charge >= 0.3 is 5.97 Å². The van der Waals surface area contributed by atoms with Gasteiger partial charge in [-0.15, -0.1) is 0 Å². The Bertz CT molecular complexity index is 664. The Labute approximate surface area is 189 Å². The maximum Gasteiger partial charge on any atom is 0.305 e. The summed E-state index contributed by atoms with van der Waals surface area (Å²) >= 11 is 0. The Balaban J connectivity index is 1.58. The molecule has 0 aromatic carbocycles. The van der Waals surface area contributed by atoms with Crippen LogP contribution in [0.5, 0.6) is 0 Å². The fraction of sp³-hybridized carbons (Fsp3) is 0.963. The minimum Gasteiger partial charge on any atom is -0.469 e. The van der Waals surface area contributed by atoms with Crippen LogP contribution < -0.4 is 0 Å². The van der Waals surface area contributed by atoms with Gasteiger partial charge in [0.05, 0.1) is 19.3 Å². The Kier molecular flexibility index (Phi) is 6.55. The molecule has 4 fully saturated rings. The smallest absolute Gasteiger partial charge is 0.305 e. The zero-order valence-electron chi connectivity index (χ0n) is 20.5. The lowest BCUT2D eigenvalue weighted by Crippen LogP contribution is -2.62. The minimum atomic E-state index is -0.230. The standard InChI is InChI=1S/C27H46O4/c1-6-18-22-15-17(28)11-13-27(22,4)21-12-14-26(3)19(16(2)7-10-23(29)31-5)8-9-20(26)24(21)25(18)30/h16-22,24-25,28,30H,6-15H2,1-5H3/t16-,17-,18-,19?,20?,21?,22+,24+,25-,26-,27-/m1/s1. The van der Waals surface area contributed by atoms with Crippen molar-refractivity contribution in [1.82, 2.24) is 0 Å². The van der Waals surface area contributed by atoms with E-state index < -0.39 is 0 Å². The fourth-order valence-electron chi connectivity index (χ4n) is 9.58. The molecule has 4 heteroatoms. The largest absolute Gasteiger partial charge is 0.469 e.